The minimum atomic E-state index is -0.224. The van der Waals surface area contributed by atoms with Gasteiger partial charge in [0.2, 0.25) is 0 Å². The number of rotatable bonds is 10. The van der Waals surface area contributed by atoms with E-state index < -0.39 is 0 Å². The maximum absolute atomic E-state index is 10.0. The van der Waals surface area contributed by atoms with Crippen molar-refractivity contribution in [3.05, 3.63) is 29.8 Å². The number of methoxy groups -OCH3 is 1. The van der Waals surface area contributed by atoms with Crippen molar-refractivity contribution in [1.29, 1.82) is 0 Å². The lowest BCUT2D eigenvalue weighted by atomic mass is 10.0. The van der Waals surface area contributed by atoms with Crippen LogP contribution >= 0.6 is 0 Å². The van der Waals surface area contributed by atoms with Crippen LogP contribution in [0.25, 0.3) is 0 Å². The molecule has 19 heavy (non-hydrogen) atoms. The molecule has 1 atom stereocenters. The molecule has 0 saturated carbocycles. The fourth-order valence-electron chi connectivity index (χ4n) is 2.33. The van der Waals surface area contributed by atoms with Gasteiger partial charge in [-0.25, -0.2) is 0 Å². The predicted octanol–water partition coefficient (Wildman–Crippen LogP) is 4.35. The fourth-order valence-corrected chi connectivity index (χ4v) is 2.33. The van der Waals surface area contributed by atoms with E-state index in [1.807, 2.05) is 24.3 Å². The zero-order valence-corrected chi connectivity index (χ0v) is 12.4. The van der Waals surface area contributed by atoms with Gasteiger partial charge in [-0.2, -0.15) is 0 Å². The number of aliphatic hydroxyl groups is 1. The zero-order chi connectivity index (χ0) is 13.9. The van der Waals surface area contributed by atoms with Crippen LogP contribution < -0.4 is 4.74 Å². The second kappa shape index (κ2) is 9.85. The molecule has 0 spiro atoms. The molecule has 2 heteroatoms. The molecule has 0 aliphatic carbocycles. The van der Waals surface area contributed by atoms with Gasteiger partial charge in [0.05, 0.1) is 13.2 Å². The molecule has 1 aromatic carbocycles. The maximum Gasteiger partial charge on any atom is 0.119 e. The number of hydrogen-bond acceptors (Lipinski definition) is 2. The predicted molar refractivity (Wildman–Crippen MR) is 80.7 cm³/mol. The average molecular weight is 264 g/mol. The summed E-state index contributed by atoms with van der Waals surface area (Å²) in [6.07, 6.45) is 9.06. The number of hydrogen-bond donors (Lipinski definition) is 1. The molecule has 0 radical (unpaired) electrons. The van der Waals surface area contributed by atoms with Crippen molar-refractivity contribution in [2.45, 2.75) is 64.4 Å². The molecule has 1 aromatic rings. The number of benzene rings is 1. The molecular formula is C17H28O2. The van der Waals surface area contributed by atoms with Gasteiger partial charge in [0.25, 0.3) is 0 Å². The second-order valence-electron chi connectivity index (χ2n) is 5.27. The molecule has 2 nitrogen and oxygen atoms in total. The van der Waals surface area contributed by atoms with Gasteiger partial charge in [-0.1, -0.05) is 57.6 Å². The topological polar surface area (TPSA) is 29.5 Å². The first-order chi connectivity index (χ1) is 9.26. The van der Waals surface area contributed by atoms with Crippen LogP contribution in [0.2, 0.25) is 0 Å². The van der Waals surface area contributed by atoms with Gasteiger partial charge in [-0.3, -0.25) is 0 Å². The molecular weight excluding hydrogens is 236 g/mol. The lowest BCUT2D eigenvalue weighted by Crippen LogP contribution is -2.10. The van der Waals surface area contributed by atoms with E-state index in [1.165, 1.54) is 32.1 Å². The minimum Gasteiger partial charge on any atom is -0.497 e. The van der Waals surface area contributed by atoms with Gasteiger partial charge in [-0.15, -0.1) is 0 Å². The van der Waals surface area contributed by atoms with Crippen LogP contribution in [0.3, 0.4) is 0 Å². The Morgan fingerprint density at radius 2 is 1.84 bits per heavy atom. The van der Waals surface area contributed by atoms with E-state index in [-0.39, 0.29) is 6.10 Å². The smallest absolute Gasteiger partial charge is 0.119 e. The van der Waals surface area contributed by atoms with Crippen LogP contribution in [0.1, 0.15) is 57.4 Å². The number of aliphatic hydroxyl groups excluding tert-OH is 1. The van der Waals surface area contributed by atoms with Crippen molar-refractivity contribution >= 4 is 0 Å². The summed E-state index contributed by atoms with van der Waals surface area (Å²) in [5.74, 6) is 0.865. The zero-order valence-electron chi connectivity index (χ0n) is 12.4. The molecule has 0 amide bonds. The van der Waals surface area contributed by atoms with Crippen molar-refractivity contribution in [3.8, 4) is 5.75 Å². The second-order valence-corrected chi connectivity index (χ2v) is 5.27. The quantitative estimate of drug-likeness (QED) is 0.637. The van der Waals surface area contributed by atoms with Crippen LogP contribution in [0.5, 0.6) is 5.75 Å². The van der Waals surface area contributed by atoms with E-state index in [9.17, 15) is 5.11 Å². The Morgan fingerprint density at radius 1 is 1.11 bits per heavy atom. The lowest BCUT2D eigenvalue weighted by molar-refractivity contribution is 0.161. The van der Waals surface area contributed by atoms with Crippen LogP contribution in [0.15, 0.2) is 24.3 Å². The number of unbranched alkanes of at least 4 members (excludes halogenated alkanes) is 5. The Morgan fingerprint density at radius 3 is 2.58 bits per heavy atom. The van der Waals surface area contributed by atoms with E-state index in [1.54, 1.807) is 7.11 Å². The van der Waals surface area contributed by atoms with Gasteiger partial charge < -0.3 is 9.84 Å². The monoisotopic (exact) mass is 264 g/mol. The summed E-state index contributed by atoms with van der Waals surface area (Å²) in [7, 11) is 1.67. The summed E-state index contributed by atoms with van der Waals surface area (Å²) in [5.41, 5.74) is 1.15. The van der Waals surface area contributed by atoms with E-state index in [2.05, 4.69) is 6.92 Å². The normalized spacial score (nSPS) is 12.4. The Hall–Kier alpha value is -1.02. The van der Waals surface area contributed by atoms with Crippen LogP contribution in [0.4, 0.5) is 0 Å². The van der Waals surface area contributed by atoms with E-state index in [4.69, 9.17) is 4.74 Å². The highest BCUT2D eigenvalue weighted by atomic mass is 16.5. The molecule has 0 aromatic heterocycles. The van der Waals surface area contributed by atoms with E-state index in [0.717, 1.165) is 30.6 Å². The largest absolute Gasteiger partial charge is 0.497 e. The molecule has 0 saturated heterocycles. The first-order valence-corrected chi connectivity index (χ1v) is 7.57. The summed E-state index contributed by atoms with van der Waals surface area (Å²) in [4.78, 5) is 0. The summed E-state index contributed by atoms with van der Waals surface area (Å²) in [5, 5.41) is 10.0. The summed E-state index contributed by atoms with van der Waals surface area (Å²) in [6, 6.07) is 7.96. The van der Waals surface area contributed by atoms with Crippen molar-refractivity contribution in [1.82, 2.24) is 0 Å². The molecule has 1 N–H and O–H groups in total. The van der Waals surface area contributed by atoms with Crippen molar-refractivity contribution in [2.75, 3.05) is 7.11 Å². The van der Waals surface area contributed by atoms with Crippen LogP contribution in [0, 0.1) is 0 Å². The van der Waals surface area contributed by atoms with Crippen molar-refractivity contribution in [2.24, 2.45) is 0 Å². The fraction of sp³-hybridized carbons (Fsp3) is 0.647. The molecule has 108 valence electrons. The average Bonchev–Trinajstić information content (AvgIpc) is 2.43. The summed E-state index contributed by atoms with van der Waals surface area (Å²) in [6.45, 7) is 2.23. The van der Waals surface area contributed by atoms with Crippen molar-refractivity contribution < 1.29 is 9.84 Å². The molecule has 0 bridgehead atoms. The molecule has 1 rings (SSSR count). The lowest BCUT2D eigenvalue weighted by Gasteiger charge is -2.11. The maximum atomic E-state index is 10.0. The Balaban J connectivity index is 2.17. The third-order valence-electron chi connectivity index (χ3n) is 3.50. The van der Waals surface area contributed by atoms with E-state index >= 15 is 0 Å². The minimum absolute atomic E-state index is 0.224. The number of ether oxygens (including phenoxy) is 1. The SMILES string of the molecule is CCCCCCCCC(O)Cc1cccc(OC)c1. The van der Waals surface area contributed by atoms with E-state index in [0.29, 0.717) is 0 Å². The van der Waals surface area contributed by atoms with Crippen molar-refractivity contribution in [3.63, 3.8) is 0 Å². The third-order valence-corrected chi connectivity index (χ3v) is 3.50. The highest BCUT2D eigenvalue weighted by Crippen LogP contribution is 2.16. The van der Waals surface area contributed by atoms with Crippen LogP contribution in [-0.2, 0) is 6.42 Å². The molecule has 0 heterocycles. The van der Waals surface area contributed by atoms with Crippen LogP contribution in [-0.4, -0.2) is 18.3 Å². The van der Waals surface area contributed by atoms with Gasteiger partial charge in [0, 0.05) is 0 Å². The molecule has 0 aliphatic heterocycles. The molecule has 0 aliphatic rings. The summed E-state index contributed by atoms with van der Waals surface area (Å²) >= 11 is 0. The highest BCUT2D eigenvalue weighted by molar-refractivity contribution is 5.28. The van der Waals surface area contributed by atoms with Gasteiger partial charge in [-0.05, 0) is 30.5 Å². The molecule has 0 fully saturated rings. The Bertz CT molecular complexity index is 336. The standard InChI is InChI=1S/C17H28O2/c1-3-4-5-6-7-8-11-16(18)13-15-10-9-12-17(14-15)19-2/h9-10,12,14,16,18H,3-8,11,13H2,1-2H3. The summed E-state index contributed by atoms with van der Waals surface area (Å²) < 4.78 is 5.19. The Kier molecular flexibility index (Phi) is 8.31. The Labute approximate surface area is 117 Å². The van der Waals surface area contributed by atoms with Gasteiger partial charge in [0.15, 0.2) is 0 Å². The first-order valence-electron chi connectivity index (χ1n) is 7.57. The third kappa shape index (κ3) is 7.22. The first kappa shape index (κ1) is 16.0. The van der Waals surface area contributed by atoms with Gasteiger partial charge >= 0.3 is 0 Å². The highest BCUT2D eigenvalue weighted by Gasteiger charge is 2.06. The molecule has 1 unspecified atom stereocenters. The van der Waals surface area contributed by atoms with Gasteiger partial charge in [0.1, 0.15) is 5.75 Å².